The van der Waals surface area contributed by atoms with Gasteiger partial charge in [-0.3, -0.25) is 4.79 Å². The smallest absolute Gasteiger partial charge is 0.251 e. The Hall–Kier alpha value is -2.14. The summed E-state index contributed by atoms with van der Waals surface area (Å²) in [5.74, 6) is -0.132. The molecule has 2 rings (SSSR count). The quantitative estimate of drug-likeness (QED) is 0.852. The SMILES string of the molecule is CC(O)CCNC(=O)c1ccc(-n2cccn2)cc1. The zero-order valence-corrected chi connectivity index (χ0v) is 10.8. The Bertz CT molecular complexity index is 518. The molecule has 1 aromatic carbocycles. The molecular weight excluding hydrogens is 242 g/mol. The molecule has 1 heterocycles. The third kappa shape index (κ3) is 3.66. The number of nitrogens with zero attached hydrogens (tertiary/aromatic N) is 2. The summed E-state index contributed by atoms with van der Waals surface area (Å²) in [5.41, 5.74) is 1.51. The molecule has 0 saturated heterocycles. The van der Waals surface area contributed by atoms with Crippen LogP contribution in [0.3, 0.4) is 0 Å². The molecule has 0 radical (unpaired) electrons. The van der Waals surface area contributed by atoms with Crippen LogP contribution in [-0.2, 0) is 0 Å². The van der Waals surface area contributed by atoms with Gasteiger partial charge in [-0.2, -0.15) is 5.10 Å². The van der Waals surface area contributed by atoms with Gasteiger partial charge in [-0.25, -0.2) is 4.68 Å². The van der Waals surface area contributed by atoms with Crippen LogP contribution in [0.15, 0.2) is 42.7 Å². The highest BCUT2D eigenvalue weighted by Crippen LogP contribution is 2.08. The van der Waals surface area contributed by atoms with E-state index < -0.39 is 6.10 Å². The van der Waals surface area contributed by atoms with E-state index in [9.17, 15) is 4.79 Å². The molecule has 0 aliphatic carbocycles. The van der Waals surface area contributed by atoms with Gasteiger partial charge in [0.1, 0.15) is 0 Å². The van der Waals surface area contributed by atoms with Crippen LogP contribution in [0.5, 0.6) is 0 Å². The topological polar surface area (TPSA) is 67.2 Å². The lowest BCUT2D eigenvalue weighted by atomic mass is 10.2. The second kappa shape index (κ2) is 6.15. The van der Waals surface area contributed by atoms with Crippen LogP contribution >= 0.6 is 0 Å². The van der Waals surface area contributed by atoms with Gasteiger partial charge in [-0.1, -0.05) is 0 Å². The van der Waals surface area contributed by atoms with Gasteiger partial charge in [0.05, 0.1) is 11.8 Å². The number of benzene rings is 1. The second-order valence-electron chi connectivity index (χ2n) is 4.39. The molecule has 0 saturated carbocycles. The average Bonchev–Trinajstić information content (AvgIpc) is 2.92. The van der Waals surface area contributed by atoms with Crippen molar-refractivity contribution >= 4 is 5.91 Å². The minimum atomic E-state index is -0.400. The molecule has 1 unspecified atom stereocenters. The van der Waals surface area contributed by atoms with Crippen molar-refractivity contribution in [2.75, 3.05) is 6.54 Å². The van der Waals surface area contributed by atoms with E-state index in [4.69, 9.17) is 5.11 Å². The van der Waals surface area contributed by atoms with E-state index in [0.717, 1.165) is 5.69 Å². The molecule has 0 aliphatic rings. The fraction of sp³-hybridized carbons (Fsp3) is 0.286. The highest BCUT2D eigenvalue weighted by atomic mass is 16.3. The molecular formula is C14H17N3O2. The highest BCUT2D eigenvalue weighted by Gasteiger charge is 2.06. The largest absolute Gasteiger partial charge is 0.393 e. The molecule has 19 heavy (non-hydrogen) atoms. The summed E-state index contributed by atoms with van der Waals surface area (Å²) in [4.78, 5) is 11.8. The lowest BCUT2D eigenvalue weighted by molar-refractivity contribution is 0.0945. The first kappa shape index (κ1) is 13.3. The van der Waals surface area contributed by atoms with Gasteiger partial charge in [0.2, 0.25) is 0 Å². The zero-order chi connectivity index (χ0) is 13.7. The Labute approximate surface area is 111 Å². The summed E-state index contributed by atoms with van der Waals surface area (Å²) in [6, 6.07) is 9.05. The predicted octanol–water partition coefficient (Wildman–Crippen LogP) is 1.37. The van der Waals surface area contributed by atoms with Crippen LogP contribution in [0.4, 0.5) is 0 Å². The number of hydrogen-bond acceptors (Lipinski definition) is 3. The van der Waals surface area contributed by atoms with E-state index in [1.54, 1.807) is 29.9 Å². The van der Waals surface area contributed by atoms with Crippen LogP contribution < -0.4 is 5.32 Å². The number of carbonyl (C=O) groups is 1. The number of rotatable bonds is 5. The summed E-state index contributed by atoms with van der Waals surface area (Å²) in [7, 11) is 0. The van der Waals surface area contributed by atoms with Gasteiger partial charge in [0.15, 0.2) is 0 Å². The van der Waals surface area contributed by atoms with Gasteiger partial charge >= 0.3 is 0 Å². The number of aliphatic hydroxyl groups excluding tert-OH is 1. The third-order valence-electron chi connectivity index (χ3n) is 2.75. The maximum atomic E-state index is 11.8. The van der Waals surface area contributed by atoms with Crippen LogP contribution in [0.25, 0.3) is 5.69 Å². The first-order valence-electron chi connectivity index (χ1n) is 6.23. The number of carbonyl (C=O) groups excluding carboxylic acids is 1. The van der Waals surface area contributed by atoms with Crippen LogP contribution in [0.1, 0.15) is 23.7 Å². The maximum Gasteiger partial charge on any atom is 0.251 e. The van der Waals surface area contributed by atoms with Crippen molar-refractivity contribution < 1.29 is 9.90 Å². The molecule has 0 fully saturated rings. The van der Waals surface area contributed by atoms with Gasteiger partial charge < -0.3 is 10.4 Å². The van der Waals surface area contributed by atoms with E-state index in [-0.39, 0.29) is 5.91 Å². The molecule has 2 N–H and O–H groups in total. The summed E-state index contributed by atoms with van der Waals surface area (Å²) in [6.07, 6.45) is 3.70. The lowest BCUT2D eigenvalue weighted by Crippen LogP contribution is -2.26. The summed E-state index contributed by atoms with van der Waals surface area (Å²) in [5, 5.41) is 16.0. The van der Waals surface area contributed by atoms with Crippen LogP contribution in [0, 0.1) is 0 Å². The normalized spacial score (nSPS) is 12.1. The minimum absolute atomic E-state index is 0.132. The Morgan fingerprint density at radius 1 is 1.42 bits per heavy atom. The van der Waals surface area contributed by atoms with Crippen molar-refractivity contribution in [1.82, 2.24) is 15.1 Å². The van der Waals surface area contributed by atoms with Gasteiger partial charge in [-0.15, -0.1) is 0 Å². The number of amides is 1. The van der Waals surface area contributed by atoms with Crippen molar-refractivity contribution in [1.29, 1.82) is 0 Å². The Morgan fingerprint density at radius 3 is 2.74 bits per heavy atom. The van der Waals surface area contributed by atoms with Gasteiger partial charge in [0, 0.05) is 24.5 Å². The van der Waals surface area contributed by atoms with Crippen molar-refractivity contribution in [3.63, 3.8) is 0 Å². The average molecular weight is 259 g/mol. The molecule has 2 aromatic rings. The zero-order valence-electron chi connectivity index (χ0n) is 10.8. The highest BCUT2D eigenvalue weighted by molar-refractivity contribution is 5.94. The fourth-order valence-corrected chi connectivity index (χ4v) is 1.68. The van der Waals surface area contributed by atoms with Gasteiger partial charge in [-0.05, 0) is 43.7 Å². The standard InChI is InChI=1S/C14H17N3O2/c1-11(18)7-9-15-14(19)12-3-5-13(6-4-12)17-10-2-8-16-17/h2-6,8,10-11,18H,7,9H2,1H3,(H,15,19). The van der Waals surface area contributed by atoms with E-state index in [1.807, 2.05) is 24.4 Å². The second-order valence-corrected chi connectivity index (χ2v) is 4.39. The van der Waals surface area contributed by atoms with Crippen molar-refractivity contribution in [2.24, 2.45) is 0 Å². The Balaban J connectivity index is 1.96. The molecule has 1 atom stereocenters. The van der Waals surface area contributed by atoms with Crippen molar-refractivity contribution in [3.05, 3.63) is 48.3 Å². The number of aliphatic hydroxyl groups is 1. The lowest BCUT2D eigenvalue weighted by Gasteiger charge is -2.07. The van der Waals surface area contributed by atoms with Crippen molar-refractivity contribution in [3.8, 4) is 5.69 Å². The molecule has 5 nitrogen and oxygen atoms in total. The minimum Gasteiger partial charge on any atom is -0.393 e. The van der Waals surface area contributed by atoms with Crippen LogP contribution in [0.2, 0.25) is 0 Å². The predicted molar refractivity (Wildman–Crippen MR) is 72.2 cm³/mol. The number of hydrogen-bond donors (Lipinski definition) is 2. The van der Waals surface area contributed by atoms with E-state index in [2.05, 4.69) is 10.4 Å². The van der Waals surface area contributed by atoms with Crippen LogP contribution in [-0.4, -0.2) is 33.4 Å². The first-order valence-corrected chi connectivity index (χ1v) is 6.23. The maximum absolute atomic E-state index is 11.8. The summed E-state index contributed by atoms with van der Waals surface area (Å²) < 4.78 is 1.73. The number of nitrogens with one attached hydrogen (secondary N) is 1. The molecule has 100 valence electrons. The summed E-state index contributed by atoms with van der Waals surface area (Å²) >= 11 is 0. The monoisotopic (exact) mass is 259 g/mol. The summed E-state index contributed by atoms with van der Waals surface area (Å²) in [6.45, 7) is 2.17. The molecule has 0 spiro atoms. The Morgan fingerprint density at radius 2 is 2.16 bits per heavy atom. The first-order chi connectivity index (χ1) is 9.16. The molecule has 0 bridgehead atoms. The molecule has 1 amide bonds. The number of aromatic nitrogens is 2. The fourth-order valence-electron chi connectivity index (χ4n) is 1.68. The van der Waals surface area contributed by atoms with Gasteiger partial charge in [0.25, 0.3) is 5.91 Å². The van der Waals surface area contributed by atoms with E-state index in [1.165, 1.54) is 0 Å². The molecule has 5 heteroatoms. The van der Waals surface area contributed by atoms with Crippen molar-refractivity contribution in [2.45, 2.75) is 19.4 Å². The third-order valence-corrected chi connectivity index (χ3v) is 2.75. The molecule has 0 aliphatic heterocycles. The Kier molecular flexibility index (Phi) is 4.30. The molecule has 1 aromatic heterocycles. The van der Waals surface area contributed by atoms with E-state index >= 15 is 0 Å². The van der Waals surface area contributed by atoms with E-state index in [0.29, 0.717) is 18.5 Å².